The Morgan fingerprint density at radius 1 is 1.28 bits per heavy atom. The molecular weight excluding hydrogens is 420 g/mol. The monoisotopic (exact) mass is 450 g/mol. The third-order valence-electron chi connectivity index (χ3n) is 5.44. The van der Waals surface area contributed by atoms with Gasteiger partial charge in [-0.1, -0.05) is 43.0 Å². The summed E-state index contributed by atoms with van der Waals surface area (Å²) < 4.78 is 7.05. The normalized spacial score (nSPS) is 17.5. The van der Waals surface area contributed by atoms with E-state index < -0.39 is 0 Å². The Bertz CT molecular complexity index is 871. The molecule has 2 heterocycles. The van der Waals surface area contributed by atoms with Crippen molar-refractivity contribution >= 4 is 50.1 Å². The third-order valence-corrected chi connectivity index (χ3v) is 8.66. The maximum atomic E-state index is 12.2. The molecule has 2 aromatic rings. The highest BCUT2D eigenvalue weighted by Crippen LogP contribution is 2.35. The van der Waals surface area contributed by atoms with Crippen LogP contribution in [0.3, 0.4) is 0 Å². The molecular formula is C23H30O3S3. The quantitative estimate of drug-likeness (QED) is 0.395. The van der Waals surface area contributed by atoms with Crippen LogP contribution in [0.15, 0.2) is 29.1 Å². The second kappa shape index (κ2) is 11.4. The molecule has 0 bridgehead atoms. The van der Waals surface area contributed by atoms with E-state index in [-0.39, 0.29) is 10.7 Å². The van der Waals surface area contributed by atoms with Crippen LogP contribution in [0, 0.1) is 5.92 Å². The molecule has 1 fully saturated rings. The van der Waals surface area contributed by atoms with Crippen molar-refractivity contribution in [3.63, 3.8) is 0 Å². The van der Waals surface area contributed by atoms with Gasteiger partial charge < -0.3 is 4.74 Å². The van der Waals surface area contributed by atoms with Crippen molar-refractivity contribution in [3.8, 4) is 5.75 Å². The first-order valence-corrected chi connectivity index (χ1v) is 13.5. The number of fused-ring (bicyclic) bond motifs is 1. The van der Waals surface area contributed by atoms with Gasteiger partial charge in [-0.25, -0.2) is 0 Å². The first-order chi connectivity index (χ1) is 14.1. The molecule has 0 radical (unpaired) electrons. The lowest BCUT2D eigenvalue weighted by atomic mass is 9.98. The SMILES string of the molecule is CCC(C)C(=O)SCCCCCOc1cc(=O)sc2cc(C3CCSC3)ccc12. The van der Waals surface area contributed by atoms with E-state index in [1.807, 2.05) is 18.7 Å². The zero-order valence-corrected chi connectivity index (χ0v) is 19.7. The van der Waals surface area contributed by atoms with Gasteiger partial charge in [-0.15, -0.1) is 0 Å². The molecule has 0 N–H and O–H groups in total. The highest BCUT2D eigenvalue weighted by molar-refractivity contribution is 8.13. The van der Waals surface area contributed by atoms with E-state index in [0.29, 0.717) is 23.4 Å². The molecule has 1 aromatic carbocycles. The maximum absolute atomic E-state index is 12.2. The van der Waals surface area contributed by atoms with Gasteiger partial charge in [0, 0.05) is 33.6 Å². The highest BCUT2D eigenvalue weighted by Gasteiger charge is 2.18. The van der Waals surface area contributed by atoms with Gasteiger partial charge in [-0.2, -0.15) is 11.8 Å². The van der Waals surface area contributed by atoms with Crippen molar-refractivity contribution in [2.75, 3.05) is 23.9 Å². The molecule has 3 rings (SSSR count). The number of rotatable bonds is 10. The fraction of sp³-hybridized carbons (Fsp3) is 0.565. The molecule has 158 valence electrons. The van der Waals surface area contributed by atoms with E-state index in [2.05, 4.69) is 25.1 Å². The van der Waals surface area contributed by atoms with Crippen molar-refractivity contribution in [3.05, 3.63) is 39.4 Å². The Morgan fingerprint density at radius 2 is 2.14 bits per heavy atom. The second-order valence-electron chi connectivity index (χ2n) is 7.63. The summed E-state index contributed by atoms with van der Waals surface area (Å²) >= 11 is 4.78. The molecule has 3 nitrogen and oxygen atoms in total. The average Bonchev–Trinajstić information content (AvgIpc) is 3.26. The molecule has 6 heteroatoms. The summed E-state index contributed by atoms with van der Waals surface area (Å²) in [6.07, 6.45) is 5.12. The molecule has 29 heavy (non-hydrogen) atoms. The topological polar surface area (TPSA) is 43.4 Å². The number of carbonyl (C=O) groups is 1. The number of hydrogen-bond acceptors (Lipinski definition) is 6. The average molecular weight is 451 g/mol. The van der Waals surface area contributed by atoms with Crippen molar-refractivity contribution in [1.82, 2.24) is 0 Å². The van der Waals surface area contributed by atoms with E-state index in [1.54, 1.807) is 6.07 Å². The van der Waals surface area contributed by atoms with Crippen LogP contribution in [0.1, 0.15) is 57.4 Å². The van der Waals surface area contributed by atoms with Crippen molar-refractivity contribution in [1.29, 1.82) is 0 Å². The first kappa shape index (κ1) is 22.7. The van der Waals surface area contributed by atoms with Gasteiger partial charge in [0.2, 0.25) is 4.74 Å². The Balaban J connectivity index is 1.50. The van der Waals surface area contributed by atoms with Gasteiger partial charge in [0.05, 0.1) is 6.61 Å². The van der Waals surface area contributed by atoms with E-state index in [4.69, 9.17) is 4.74 Å². The van der Waals surface area contributed by atoms with E-state index in [0.717, 1.165) is 41.5 Å². The maximum Gasteiger partial charge on any atom is 0.236 e. The van der Waals surface area contributed by atoms with Crippen LogP contribution in [-0.2, 0) is 4.79 Å². The molecule has 0 saturated carbocycles. The minimum absolute atomic E-state index is 0.0467. The smallest absolute Gasteiger partial charge is 0.236 e. The number of hydrogen-bond donors (Lipinski definition) is 0. The van der Waals surface area contributed by atoms with Gasteiger partial charge in [0.1, 0.15) is 5.75 Å². The number of benzene rings is 1. The Hall–Kier alpha value is -0.980. The summed E-state index contributed by atoms with van der Waals surface area (Å²) in [6.45, 7) is 4.65. The standard InChI is InChI=1S/C23H30O3S3/c1-3-16(2)23(25)28-11-6-4-5-10-26-20-14-22(24)29-21-13-17(7-8-19(20)21)18-9-12-27-15-18/h7-8,13-14,16,18H,3-6,9-12,15H2,1-2H3. The van der Waals surface area contributed by atoms with Crippen LogP contribution < -0.4 is 9.48 Å². The van der Waals surface area contributed by atoms with Crippen LogP contribution >= 0.6 is 34.9 Å². The second-order valence-corrected chi connectivity index (χ2v) is 10.9. The zero-order valence-electron chi connectivity index (χ0n) is 17.3. The van der Waals surface area contributed by atoms with E-state index >= 15 is 0 Å². The third kappa shape index (κ3) is 6.50. The lowest BCUT2D eigenvalue weighted by molar-refractivity contribution is -0.113. The number of unbranched alkanes of at least 4 members (excludes halogenated alkanes) is 2. The van der Waals surface area contributed by atoms with Crippen LogP contribution in [0.4, 0.5) is 0 Å². The Labute approximate surface area is 186 Å². The van der Waals surface area contributed by atoms with Crippen LogP contribution in [0.2, 0.25) is 0 Å². The predicted molar refractivity (Wildman–Crippen MR) is 129 cm³/mol. The van der Waals surface area contributed by atoms with E-state index in [1.165, 1.54) is 46.6 Å². The molecule has 2 atom stereocenters. The minimum Gasteiger partial charge on any atom is -0.493 e. The molecule has 1 saturated heterocycles. The lowest BCUT2D eigenvalue weighted by Gasteiger charge is -2.12. The molecule has 2 unspecified atom stereocenters. The fourth-order valence-electron chi connectivity index (χ4n) is 3.37. The number of carbonyl (C=O) groups excluding carboxylic acids is 1. The Kier molecular flexibility index (Phi) is 8.94. The van der Waals surface area contributed by atoms with Gasteiger partial charge in [-0.3, -0.25) is 9.59 Å². The molecule has 0 aliphatic carbocycles. The fourth-order valence-corrected chi connectivity index (χ4v) is 6.48. The van der Waals surface area contributed by atoms with Crippen molar-refractivity contribution in [2.45, 2.75) is 51.9 Å². The minimum atomic E-state index is 0.0467. The predicted octanol–water partition coefficient (Wildman–Crippen LogP) is 6.34. The summed E-state index contributed by atoms with van der Waals surface area (Å²) in [7, 11) is 0. The van der Waals surface area contributed by atoms with Gasteiger partial charge in [-0.05, 0) is 61.5 Å². The zero-order chi connectivity index (χ0) is 20.6. The first-order valence-electron chi connectivity index (χ1n) is 10.5. The number of thioether (sulfide) groups is 2. The van der Waals surface area contributed by atoms with Gasteiger partial charge in [0.25, 0.3) is 0 Å². The summed E-state index contributed by atoms with van der Waals surface area (Å²) in [5.74, 6) is 4.76. The number of ether oxygens (including phenoxy) is 1. The lowest BCUT2D eigenvalue weighted by Crippen LogP contribution is -2.06. The molecule has 0 amide bonds. The molecule has 1 aromatic heterocycles. The van der Waals surface area contributed by atoms with Crippen molar-refractivity contribution < 1.29 is 9.53 Å². The van der Waals surface area contributed by atoms with Gasteiger partial charge >= 0.3 is 0 Å². The molecule has 1 aliphatic heterocycles. The summed E-state index contributed by atoms with van der Waals surface area (Å²) in [5, 5.41) is 1.35. The largest absolute Gasteiger partial charge is 0.493 e. The summed E-state index contributed by atoms with van der Waals surface area (Å²) in [6, 6.07) is 8.14. The molecule has 1 aliphatic rings. The van der Waals surface area contributed by atoms with Gasteiger partial charge in [0.15, 0.2) is 5.12 Å². The van der Waals surface area contributed by atoms with E-state index in [9.17, 15) is 9.59 Å². The van der Waals surface area contributed by atoms with Crippen LogP contribution in [0.5, 0.6) is 5.75 Å². The summed E-state index contributed by atoms with van der Waals surface area (Å²) in [5.41, 5.74) is 1.35. The molecule has 0 spiro atoms. The highest BCUT2D eigenvalue weighted by atomic mass is 32.2. The Morgan fingerprint density at radius 3 is 2.90 bits per heavy atom. The van der Waals surface area contributed by atoms with Crippen LogP contribution in [0.25, 0.3) is 10.1 Å². The summed E-state index contributed by atoms with van der Waals surface area (Å²) in [4.78, 5) is 24.0. The van der Waals surface area contributed by atoms with Crippen LogP contribution in [-0.4, -0.2) is 29.0 Å². The van der Waals surface area contributed by atoms with Crippen molar-refractivity contribution in [2.24, 2.45) is 5.92 Å².